The average Bonchev–Trinajstić information content (AvgIpc) is 2.96. The van der Waals surface area contributed by atoms with Gasteiger partial charge in [0.15, 0.2) is 9.98 Å². The summed E-state index contributed by atoms with van der Waals surface area (Å²) in [5.74, 6) is -1.45. The van der Waals surface area contributed by atoms with Gasteiger partial charge in [-0.15, -0.1) is 0 Å². The first-order valence-corrected chi connectivity index (χ1v) is 7.77. The number of hydrogen-bond donors (Lipinski definition) is 2. The van der Waals surface area contributed by atoms with Crippen LogP contribution in [0.15, 0.2) is 26.8 Å². The zero-order chi connectivity index (χ0) is 14.7. The second kappa shape index (κ2) is 6.14. The summed E-state index contributed by atoms with van der Waals surface area (Å²) in [6.45, 7) is 3.55. The Labute approximate surface area is 125 Å². The number of halogens is 1. The minimum Gasteiger partial charge on any atom is -0.346 e. The van der Waals surface area contributed by atoms with Gasteiger partial charge in [-0.2, -0.15) is 4.98 Å². The van der Waals surface area contributed by atoms with Crippen molar-refractivity contribution in [1.82, 2.24) is 15.5 Å². The Kier molecular flexibility index (Phi) is 4.50. The Balaban J connectivity index is 2.13. The van der Waals surface area contributed by atoms with E-state index in [1.807, 2.05) is 0 Å². The molecule has 0 aromatic carbocycles. The smallest absolute Gasteiger partial charge is 0.346 e. The lowest BCUT2D eigenvalue weighted by Crippen LogP contribution is -2.39. The van der Waals surface area contributed by atoms with Crippen LogP contribution in [0.4, 0.5) is 5.13 Å². The number of amides is 2. The zero-order valence-electron chi connectivity index (χ0n) is 10.7. The quantitative estimate of drug-likeness (QED) is 0.645. The van der Waals surface area contributed by atoms with Gasteiger partial charge in [0.2, 0.25) is 0 Å². The van der Waals surface area contributed by atoms with Crippen LogP contribution < -0.4 is 10.6 Å². The highest BCUT2D eigenvalue weighted by atomic mass is 79.9. The first-order valence-electron chi connectivity index (χ1n) is 5.69. The SMILES string of the molecule is CC(C)NC(=O)C(=O)Nc1ncc[s+]1-c1cc(Br)no1. The average molecular weight is 360 g/mol. The molecule has 0 saturated carbocycles. The van der Waals surface area contributed by atoms with E-state index in [9.17, 15) is 9.59 Å². The molecule has 0 radical (unpaired) electrons. The third kappa shape index (κ3) is 3.42. The molecule has 0 aliphatic carbocycles. The Morgan fingerprint density at radius 2 is 2.15 bits per heavy atom. The van der Waals surface area contributed by atoms with Gasteiger partial charge in [-0.05, 0) is 29.8 Å². The predicted molar refractivity (Wildman–Crippen MR) is 77.7 cm³/mol. The number of nitrogens with zero attached hydrogens (tertiary/aromatic N) is 2. The summed E-state index contributed by atoms with van der Waals surface area (Å²) in [5, 5.41) is 11.4. The van der Waals surface area contributed by atoms with Gasteiger partial charge in [0.25, 0.3) is 0 Å². The molecule has 1 atom stereocenters. The van der Waals surface area contributed by atoms with E-state index >= 15 is 0 Å². The molecule has 2 rings (SSSR count). The van der Waals surface area contributed by atoms with Gasteiger partial charge in [-0.1, -0.05) is 5.16 Å². The topological polar surface area (TPSA) is 97.1 Å². The number of thiazole rings is 1. The summed E-state index contributed by atoms with van der Waals surface area (Å²) >= 11 is 3.18. The molecule has 2 heterocycles. The monoisotopic (exact) mass is 359 g/mol. The lowest BCUT2D eigenvalue weighted by molar-refractivity contribution is -0.136. The van der Waals surface area contributed by atoms with Gasteiger partial charge in [0.1, 0.15) is 0 Å². The first kappa shape index (κ1) is 14.7. The fourth-order valence-corrected chi connectivity index (χ4v) is 3.15. The molecule has 7 nitrogen and oxygen atoms in total. The van der Waals surface area contributed by atoms with Crippen LogP contribution in [0.2, 0.25) is 0 Å². The third-order valence-corrected chi connectivity index (χ3v) is 4.14. The Hall–Kier alpha value is -1.74. The molecule has 0 fully saturated rings. The van der Waals surface area contributed by atoms with Gasteiger partial charge in [-0.25, -0.2) is 0 Å². The molecule has 0 aliphatic rings. The number of carbonyl (C=O) groups excluding carboxylic acids is 2. The summed E-state index contributed by atoms with van der Waals surface area (Å²) in [5.41, 5.74) is 0. The van der Waals surface area contributed by atoms with Gasteiger partial charge in [0, 0.05) is 6.04 Å². The van der Waals surface area contributed by atoms with Crippen molar-refractivity contribution in [3.05, 3.63) is 22.2 Å². The molecule has 20 heavy (non-hydrogen) atoms. The van der Waals surface area contributed by atoms with Gasteiger partial charge < -0.3 is 9.84 Å². The Morgan fingerprint density at radius 1 is 1.40 bits per heavy atom. The molecular weight excluding hydrogens is 348 g/mol. The van der Waals surface area contributed by atoms with Gasteiger partial charge >= 0.3 is 22.0 Å². The largest absolute Gasteiger partial charge is 0.367 e. The van der Waals surface area contributed by atoms with Crippen LogP contribution in [0.1, 0.15) is 13.8 Å². The highest BCUT2D eigenvalue weighted by Gasteiger charge is 2.26. The van der Waals surface area contributed by atoms with Crippen molar-refractivity contribution in [2.75, 3.05) is 5.32 Å². The van der Waals surface area contributed by atoms with E-state index in [1.54, 1.807) is 31.5 Å². The van der Waals surface area contributed by atoms with E-state index in [0.717, 1.165) is 0 Å². The van der Waals surface area contributed by atoms with Crippen molar-refractivity contribution in [1.29, 1.82) is 0 Å². The molecule has 0 aliphatic heterocycles. The number of anilines is 1. The maximum Gasteiger partial charge on any atom is 0.367 e. The summed E-state index contributed by atoms with van der Waals surface area (Å²) in [6, 6.07) is 1.58. The normalized spacial score (nSPS) is 11.5. The van der Waals surface area contributed by atoms with Crippen LogP contribution in [-0.4, -0.2) is 28.0 Å². The molecule has 2 aromatic rings. The maximum absolute atomic E-state index is 11.7. The van der Waals surface area contributed by atoms with Gasteiger partial charge in [-0.3, -0.25) is 14.9 Å². The van der Waals surface area contributed by atoms with Crippen LogP contribution in [0.3, 0.4) is 0 Å². The van der Waals surface area contributed by atoms with Crippen LogP contribution in [0.5, 0.6) is 0 Å². The summed E-state index contributed by atoms with van der Waals surface area (Å²) in [7, 11) is -0.659. The molecule has 9 heteroatoms. The van der Waals surface area contributed by atoms with E-state index < -0.39 is 22.3 Å². The van der Waals surface area contributed by atoms with E-state index in [-0.39, 0.29) is 6.04 Å². The van der Waals surface area contributed by atoms with E-state index in [2.05, 4.69) is 36.7 Å². The highest BCUT2D eigenvalue weighted by Crippen LogP contribution is 2.38. The molecule has 2 N–H and O–H groups in total. The van der Waals surface area contributed by atoms with Crippen molar-refractivity contribution >= 4 is 43.3 Å². The number of rotatable bonds is 3. The standard InChI is InChI=1S/C11H11BrN4O3S/c1-6(2)14-9(17)10(18)15-11-13-3-4-20(11)8-5-7(12)16-19-8/h3-6H,1-2H3,(H-,13,14,15,17,18)/p+1. The Bertz CT molecular complexity index is 637. The lowest BCUT2D eigenvalue weighted by Gasteiger charge is -2.06. The summed E-state index contributed by atoms with van der Waals surface area (Å²) < 4.78 is 5.68. The minimum atomic E-state index is -0.753. The Morgan fingerprint density at radius 3 is 2.75 bits per heavy atom. The fourth-order valence-electron chi connectivity index (χ4n) is 1.35. The first-order chi connectivity index (χ1) is 9.47. The van der Waals surface area contributed by atoms with Crippen LogP contribution >= 0.6 is 26.4 Å². The number of nitrogens with one attached hydrogen (secondary N) is 2. The predicted octanol–water partition coefficient (Wildman–Crippen LogP) is 2.03. The lowest BCUT2D eigenvalue weighted by atomic mass is 10.4. The van der Waals surface area contributed by atoms with Crippen molar-refractivity contribution in [2.45, 2.75) is 19.9 Å². The van der Waals surface area contributed by atoms with Crippen molar-refractivity contribution in [3.63, 3.8) is 0 Å². The molecule has 2 aromatic heterocycles. The maximum atomic E-state index is 11.7. The molecule has 1 unspecified atom stereocenters. The number of hydrogen-bond acceptors (Lipinski definition) is 5. The van der Waals surface area contributed by atoms with Crippen molar-refractivity contribution in [2.24, 2.45) is 0 Å². The molecular formula is C11H12BrN4O3S+. The van der Waals surface area contributed by atoms with E-state index in [1.165, 1.54) is 0 Å². The van der Waals surface area contributed by atoms with Crippen LogP contribution in [0, 0.1) is 0 Å². The second-order valence-corrected chi connectivity index (χ2v) is 6.66. The molecule has 106 valence electrons. The van der Waals surface area contributed by atoms with Crippen molar-refractivity contribution < 1.29 is 14.1 Å². The minimum absolute atomic E-state index is 0.111. The number of aromatic nitrogens is 2. The fraction of sp³-hybridized carbons (Fsp3) is 0.273. The second-order valence-electron chi connectivity index (χ2n) is 4.11. The number of carbonyl (C=O) groups is 2. The zero-order valence-corrected chi connectivity index (χ0v) is 13.1. The van der Waals surface area contributed by atoms with Gasteiger partial charge in [0.05, 0.1) is 22.7 Å². The molecule has 0 spiro atoms. The van der Waals surface area contributed by atoms with E-state index in [4.69, 9.17) is 4.52 Å². The third-order valence-electron chi connectivity index (χ3n) is 2.12. The van der Waals surface area contributed by atoms with E-state index in [0.29, 0.717) is 14.8 Å². The van der Waals surface area contributed by atoms with Crippen LogP contribution in [-0.2, 0) is 9.59 Å². The molecule has 0 bridgehead atoms. The van der Waals surface area contributed by atoms with Crippen molar-refractivity contribution in [3.8, 4) is 5.09 Å². The molecule has 2 amide bonds. The highest BCUT2D eigenvalue weighted by molar-refractivity contribution is 9.10. The molecule has 0 saturated heterocycles. The van der Waals surface area contributed by atoms with Crippen LogP contribution in [0.25, 0.3) is 5.09 Å². The summed E-state index contributed by atoms with van der Waals surface area (Å²) in [6.07, 6.45) is 1.55. The summed E-state index contributed by atoms with van der Waals surface area (Å²) in [4.78, 5) is 27.3.